The molecule has 1 aliphatic rings. The second-order valence-corrected chi connectivity index (χ2v) is 4.66. The van der Waals surface area contributed by atoms with Crippen LogP contribution in [0, 0.1) is 5.92 Å². The Labute approximate surface area is 105 Å². The summed E-state index contributed by atoms with van der Waals surface area (Å²) in [5, 5.41) is 9.24. The van der Waals surface area contributed by atoms with Gasteiger partial charge in [-0.3, -0.25) is 4.79 Å². The third-order valence-electron chi connectivity index (χ3n) is 3.50. The molecule has 6 heteroatoms. The molecule has 0 fully saturated rings. The molecule has 0 aliphatic carbocycles. The average Bonchev–Trinajstić information content (AvgIpc) is 2.82. The first-order valence-corrected chi connectivity index (χ1v) is 6.09. The molecule has 1 aromatic heterocycles. The van der Waals surface area contributed by atoms with Gasteiger partial charge in [-0.15, -0.1) is 0 Å². The topological polar surface area (TPSA) is 86.3 Å². The minimum atomic E-state index is -0.972. The second-order valence-electron chi connectivity index (χ2n) is 4.66. The minimum absolute atomic E-state index is 0.106. The van der Waals surface area contributed by atoms with E-state index < -0.39 is 12.0 Å². The Balaban J connectivity index is 2.27. The van der Waals surface area contributed by atoms with Crippen LogP contribution in [0.2, 0.25) is 0 Å². The van der Waals surface area contributed by atoms with Crippen LogP contribution < -0.4 is 0 Å². The predicted molar refractivity (Wildman–Crippen MR) is 63.7 cm³/mol. The summed E-state index contributed by atoms with van der Waals surface area (Å²) in [5.74, 6) is -1.23. The van der Waals surface area contributed by atoms with Crippen molar-refractivity contribution < 1.29 is 14.7 Å². The van der Waals surface area contributed by atoms with E-state index in [1.807, 2.05) is 13.8 Å². The molecule has 2 N–H and O–H groups in total. The fourth-order valence-electron chi connectivity index (χ4n) is 2.15. The highest BCUT2D eigenvalue weighted by atomic mass is 16.4. The second kappa shape index (κ2) is 4.80. The number of aliphatic carboxylic acids is 1. The van der Waals surface area contributed by atoms with Gasteiger partial charge in [0, 0.05) is 12.3 Å². The Morgan fingerprint density at radius 2 is 2.39 bits per heavy atom. The van der Waals surface area contributed by atoms with E-state index in [4.69, 9.17) is 0 Å². The van der Waals surface area contributed by atoms with Gasteiger partial charge in [-0.05, 0) is 6.42 Å². The number of hydrogen-bond donors (Lipinski definition) is 2. The molecule has 0 saturated heterocycles. The summed E-state index contributed by atoms with van der Waals surface area (Å²) < 4.78 is 0. The van der Waals surface area contributed by atoms with Crippen molar-refractivity contribution >= 4 is 11.9 Å². The Morgan fingerprint density at radius 3 is 3.00 bits per heavy atom. The third kappa shape index (κ3) is 2.10. The number of fused-ring (bicyclic) bond motifs is 1. The Hall–Kier alpha value is -1.85. The van der Waals surface area contributed by atoms with E-state index in [-0.39, 0.29) is 18.2 Å². The van der Waals surface area contributed by atoms with Crippen LogP contribution in [-0.4, -0.2) is 37.9 Å². The molecule has 1 aliphatic heterocycles. The highest BCUT2D eigenvalue weighted by Crippen LogP contribution is 2.23. The molecule has 18 heavy (non-hydrogen) atoms. The summed E-state index contributed by atoms with van der Waals surface area (Å²) in [6.45, 7) is 4.04. The van der Waals surface area contributed by atoms with Gasteiger partial charge in [-0.2, -0.15) is 0 Å². The number of carboxylic acids is 1. The van der Waals surface area contributed by atoms with E-state index in [9.17, 15) is 14.7 Å². The largest absolute Gasteiger partial charge is 0.480 e. The van der Waals surface area contributed by atoms with Gasteiger partial charge < -0.3 is 15.0 Å². The van der Waals surface area contributed by atoms with E-state index in [2.05, 4.69) is 9.97 Å². The highest BCUT2D eigenvalue weighted by molar-refractivity contribution is 5.85. The number of aromatic amines is 1. The zero-order valence-electron chi connectivity index (χ0n) is 10.5. The number of nitrogens with zero attached hydrogens (tertiary/aromatic N) is 2. The van der Waals surface area contributed by atoms with Crippen molar-refractivity contribution in [2.75, 3.05) is 0 Å². The number of H-pyrrole nitrogens is 1. The van der Waals surface area contributed by atoms with Gasteiger partial charge in [-0.25, -0.2) is 9.78 Å². The maximum atomic E-state index is 12.2. The van der Waals surface area contributed by atoms with Crippen LogP contribution in [0.3, 0.4) is 0 Å². The quantitative estimate of drug-likeness (QED) is 0.831. The molecule has 2 heterocycles. The van der Waals surface area contributed by atoms with Gasteiger partial charge in [0.15, 0.2) is 0 Å². The zero-order valence-corrected chi connectivity index (χ0v) is 10.5. The van der Waals surface area contributed by atoms with Crippen LogP contribution in [0.5, 0.6) is 0 Å². The number of imidazole rings is 1. The molecule has 1 aromatic rings. The zero-order chi connectivity index (χ0) is 13.3. The number of carbonyl (C=O) groups excluding carboxylic acids is 1. The van der Waals surface area contributed by atoms with Crippen LogP contribution in [0.4, 0.5) is 0 Å². The molecular weight excluding hydrogens is 234 g/mol. The van der Waals surface area contributed by atoms with Crippen molar-refractivity contribution in [1.82, 2.24) is 14.9 Å². The number of carbonyl (C=O) groups is 2. The van der Waals surface area contributed by atoms with E-state index in [1.165, 1.54) is 4.90 Å². The summed E-state index contributed by atoms with van der Waals surface area (Å²) in [6, 6.07) is -0.803. The lowest BCUT2D eigenvalue weighted by atomic mass is 9.99. The molecular formula is C12H17N3O3. The molecule has 0 bridgehead atoms. The SMILES string of the molecule is CCC(C)C(=O)N1Cc2[nH]cnc2CC1C(=O)O. The molecule has 2 atom stereocenters. The maximum absolute atomic E-state index is 12.2. The van der Waals surface area contributed by atoms with Crippen LogP contribution in [0.25, 0.3) is 0 Å². The van der Waals surface area contributed by atoms with Crippen LogP contribution in [-0.2, 0) is 22.6 Å². The molecule has 98 valence electrons. The lowest BCUT2D eigenvalue weighted by Gasteiger charge is -2.34. The first-order chi connectivity index (χ1) is 8.54. The van der Waals surface area contributed by atoms with E-state index in [0.717, 1.165) is 11.4 Å². The van der Waals surface area contributed by atoms with Gasteiger partial charge in [-0.1, -0.05) is 13.8 Å². The molecule has 0 spiro atoms. The van der Waals surface area contributed by atoms with Crippen LogP contribution in [0.15, 0.2) is 6.33 Å². The molecule has 2 unspecified atom stereocenters. The summed E-state index contributed by atoms with van der Waals surface area (Å²) in [5.41, 5.74) is 1.58. The smallest absolute Gasteiger partial charge is 0.326 e. The maximum Gasteiger partial charge on any atom is 0.326 e. The number of hydrogen-bond acceptors (Lipinski definition) is 3. The summed E-state index contributed by atoms with van der Waals surface area (Å²) in [4.78, 5) is 32.0. The van der Waals surface area contributed by atoms with Gasteiger partial charge in [0.25, 0.3) is 0 Å². The Kier molecular flexibility index (Phi) is 3.36. The van der Waals surface area contributed by atoms with Gasteiger partial charge >= 0.3 is 5.97 Å². The minimum Gasteiger partial charge on any atom is -0.480 e. The van der Waals surface area contributed by atoms with Crippen molar-refractivity contribution in [1.29, 1.82) is 0 Å². The number of aromatic nitrogens is 2. The number of rotatable bonds is 3. The summed E-state index contributed by atoms with van der Waals surface area (Å²) in [6.07, 6.45) is 2.52. The lowest BCUT2D eigenvalue weighted by Crippen LogP contribution is -2.50. The Morgan fingerprint density at radius 1 is 1.67 bits per heavy atom. The van der Waals surface area contributed by atoms with Crippen molar-refractivity contribution in [2.24, 2.45) is 5.92 Å². The molecule has 0 radical (unpaired) electrons. The summed E-state index contributed by atoms with van der Waals surface area (Å²) >= 11 is 0. The molecule has 6 nitrogen and oxygen atoms in total. The highest BCUT2D eigenvalue weighted by Gasteiger charge is 2.36. The van der Waals surface area contributed by atoms with E-state index in [1.54, 1.807) is 6.33 Å². The normalized spacial score (nSPS) is 20.3. The molecule has 1 amide bonds. The molecule has 0 aromatic carbocycles. The predicted octanol–water partition coefficient (Wildman–Crippen LogP) is 0.794. The van der Waals surface area contributed by atoms with Crippen molar-refractivity contribution in [2.45, 2.75) is 39.3 Å². The van der Waals surface area contributed by atoms with Gasteiger partial charge in [0.2, 0.25) is 5.91 Å². The number of carboxylic acid groups (broad SMARTS) is 1. The molecule has 0 saturated carbocycles. The van der Waals surface area contributed by atoms with Gasteiger partial charge in [0.05, 0.1) is 24.3 Å². The molecule has 2 rings (SSSR count). The summed E-state index contributed by atoms with van der Waals surface area (Å²) in [7, 11) is 0. The van der Waals surface area contributed by atoms with Gasteiger partial charge in [0.1, 0.15) is 6.04 Å². The Bertz CT molecular complexity index is 469. The van der Waals surface area contributed by atoms with Crippen LogP contribution >= 0.6 is 0 Å². The lowest BCUT2D eigenvalue weighted by molar-refractivity contribution is -0.153. The number of amides is 1. The standard InChI is InChI=1S/C12H17N3O3/c1-3-7(2)11(16)15-5-9-8(13-6-14-9)4-10(15)12(17)18/h6-7,10H,3-5H2,1-2H3,(H,13,14)(H,17,18). The fraction of sp³-hybridized carbons (Fsp3) is 0.583. The fourth-order valence-corrected chi connectivity index (χ4v) is 2.15. The first-order valence-electron chi connectivity index (χ1n) is 6.09. The van der Waals surface area contributed by atoms with Crippen molar-refractivity contribution in [3.8, 4) is 0 Å². The van der Waals surface area contributed by atoms with E-state index in [0.29, 0.717) is 13.0 Å². The monoisotopic (exact) mass is 251 g/mol. The number of nitrogens with one attached hydrogen (secondary N) is 1. The first kappa shape index (κ1) is 12.6. The average molecular weight is 251 g/mol. The van der Waals surface area contributed by atoms with Crippen LogP contribution in [0.1, 0.15) is 31.7 Å². The van der Waals surface area contributed by atoms with Crippen molar-refractivity contribution in [3.05, 3.63) is 17.7 Å². The van der Waals surface area contributed by atoms with Crippen molar-refractivity contribution in [3.63, 3.8) is 0 Å². The van der Waals surface area contributed by atoms with E-state index >= 15 is 0 Å². The third-order valence-corrected chi connectivity index (χ3v) is 3.50.